The summed E-state index contributed by atoms with van der Waals surface area (Å²) in [6.45, 7) is 7.15. The molecule has 4 aromatic rings. The number of fused-ring (bicyclic) bond motifs is 2. The molecule has 3 heterocycles. The summed E-state index contributed by atoms with van der Waals surface area (Å²) in [5, 5.41) is 1.28. The summed E-state index contributed by atoms with van der Waals surface area (Å²) in [4.78, 5) is 31.8. The SMILES string of the molecule is [C-]#[N+]C(=C1C=C(/C=C/c2cc3ccc(N(C)C)cc3oc2=O)OC(/C=C/c2cc3ccc(N(C)C)cc3oc2=O)=C1)C(F)(F)F. The highest BCUT2D eigenvalue weighted by molar-refractivity contribution is 5.83. The fraction of sp³-hybridized carbons (Fsp3) is 0.147. The first-order valence-electron chi connectivity index (χ1n) is 13.5. The van der Waals surface area contributed by atoms with Gasteiger partial charge in [0.15, 0.2) is 0 Å². The number of allylic oxidation sites excluding steroid dienone is 6. The average Bonchev–Trinajstić information content (AvgIpc) is 2.98. The van der Waals surface area contributed by atoms with E-state index in [1.165, 1.54) is 24.3 Å². The molecule has 1 aliphatic heterocycles. The molecule has 0 saturated heterocycles. The van der Waals surface area contributed by atoms with Crippen LogP contribution in [0.4, 0.5) is 24.5 Å². The predicted octanol–water partition coefficient (Wildman–Crippen LogP) is 7.29. The van der Waals surface area contributed by atoms with Gasteiger partial charge in [-0.1, -0.05) is 0 Å². The van der Waals surface area contributed by atoms with E-state index in [1.54, 1.807) is 36.4 Å². The lowest BCUT2D eigenvalue weighted by Crippen LogP contribution is -2.12. The molecular formula is C34H26F3N3O5. The van der Waals surface area contributed by atoms with Gasteiger partial charge in [0, 0.05) is 62.5 Å². The summed E-state index contributed by atoms with van der Waals surface area (Å²) in [5.74, 6) is -0.163. The van der Waals surface area contributed by atoms with Crippen molar-refractivity contribution in [2.24, 2.45) is 0 Å². The third-order valence-electron chi connectivity index (χ3n) is 6.87. The maximum absolute atomic E-state index is 13.7. The van der Waals surface area contributed by atoms with Crippen LogP contribution in [0.15, 0.2) is 114 Å². The Balaban J connectivity index is 1.50. The number of ether oxygens (including phenoxy) is 1. The summed E-state index contributed by atoms with van der Waals surface area (Å²) >= 11 is 0. The number of alkyl halides is 3. The second-order valence-electron chi connectivity index (χ2n) is 10.5. The van der Waals surface area contributed by atoms with Crippen LogP contribution in [0.2, 0.25) is 0 Å². The number of benzene rings is 2. The van der Waals surface area contributed by atoms with Crippen LogP contribution in [0, 0.1) is 6.57 Å². The summed E-state index contributed by atoms with van der Waals surface area (Å²) in [6, 6.07) is 13.9. The van der Waals surface area contributed by atoms with Crippen LogP contribution >= 0.6 is 0 Å². The van der Waals surface area contributed by atoms with Crippen molar-refractivity contribution in [2.75, 3.05) is 38.0 Å². The highest BCUT2D eigenvalue weighted by atomic mass is 19.4. The van der Waals surface area contributed by atoms with Gasteiger partial charge in [-0.05, 0) is 78.4 Å². The van der Waals surface area contributed by atoms with Gasteiger partial charge in [-0.15, -0.1) is 0 Å². The summed E-state index contributed by atoms with van der Waals surface area (Å²) in [5.41, 5.74) is -0.532. The quantitative estimate of drug-likeness (QED) is 0.167. The molecule has 5 rings (SSSR count). The Morgan fingerprint density at radius 3 is 1.56 bits per heavy atom. The fourth-order valence-electron chi connectivity index (χ4n) is 4.50. The summed E-state index contributed by atoms with van der Waals surface area (Å²) in [7, 11) is 7.41. The van der Waals surface area contributed by atoms with Gasteiger partial charge >= 0.3 is 17.4 Å². The second kappa shape index (κ2) is 12.1. The molecule has 0 spiro atoms. The standard InChI is InChI=1S/C34H26F3N3O5/c1-38-31(34(35,36)37)24-16-27(12-8-22-14-20-6-10-25(39(2)3)18-29(20)44-32(22)41)43-28(17-24)13-9-23-15-21-7-11-26(40(4)5)19-30(21)45-33(23)42/h6-19H,2-5H3/b12-8+,13-9+. The van der Waals surface area contributed by atoms with Crippen molar-refractivity contribution in [2.45, 2.75) is 6.18 Å². The minimum Gasteiger partial charge on any atom is -0.457 e. The van der Waals surface area contributed by atoms with E-state index in [9.17, 15) is 22.8 Å². The first-order chi connectivity index (χ1) is 21.3. The van der Waals surface area contributed by atoms with Crippen molar-refractivity contribution in [3.8, 4) is 0 Å². The maximum atomic E-state index is 13.7. The zero-order chi connectivity index (χ0) is 32.5. The van der Waals surface area contributed by atoms with E-state index >= 15 is 0 Å². The molecule has 0 saturated carbocycles. The van der Waals surface area contributed by atoms with Gasteiger partial charge in [-0.25, -0.2) is 14.4 Å². The minimum atomic E-state index is -4.93. The number of hydrogen-bond acceptors (Lipinski definition) is 7. The fourth-order valence-corrected chi connectivity index (χ4v) is 4.50. The van der Waals surface area contributed by atoms with Gasteiger partial charge in [0.25, 0.3) is 5.70 Å². The Bertz CT molecular complexity index is 2010. The van der Waals surface area contributed by atoms with Crippen LogP contribution in [-0.2, 0) is 4.74 Å². The number of anilines is 2. The molecule has 0 aliphatic carbocycles. The Labute approximate surface area is 255 Å². The van der Waals surface area contributed by atoms with Crippen LogP contribution in [0.1, 0.15) is 11.1 Å². The molecule has 0 fully saturated rings. The normalized spacial score (nSPS) is 13.6. The number of hydrogen-bond donors (Lipinski definition) is 0. The molecule has 0 amide bonds. The molecule has 0 unspecified atom stereocenters. The van der Waals surface area contributed by atoms with Crippen LogP contribution in [-0.4, -0.2) is 34.4 Å². The highest BCUT2D eigenvalue weighted by Gasteiger charge is 2.37. The molecule has 8 nitrogen and oxygen atoms in total. The van der Waals surface area contributed by atoms with Crippen LogP contribution in [0.5, 0.6) is 0 Å². The van der Waals surface area contributed by atoms with Crippen molar-refractivity contribution in [1.29, 1.82) is 0 Å². The zero-order valence-corrected chi connectivity index (χ0v) is 24.6. The van der Waals surface area contributed by atoms with Gasteiger partial charge in [-0.3, -0.25) is 0 Å². The Hall–Kier alpha value is -5.76. The topological polar surface area (TPSA) is 80.5 Å². The molecule has 0 radical (unpaired) electrons. The lowest BCUT2D eigenvalue weighted by Gasteiger charge is -2.16. The number of nitrogens with zero attached hydrogens (tertiary/aromatic N) is 3. The lowest BCUT2D eigenvalue weighted by molar-refractivity contribution is -0.0889. The van der Waals surface area contributed by atoms with E-state index in [1.807, 2.05) is 50.1 Å². The zero-order valence-electron chi connectivity index (χ0n) is 24.6. The first kappa shape index (κ1) is 30.7. The van der Waals surface area contributed by atoms with Crippen LogP contribution in [0.25, 0.3) is 38.9 Å². The molecule has 2 aromatic heterocycles. The van der Waals surface area contributed by atoms with E-state index in [4.69, 9.17) is 20.1 Å². The molecule has 0 N–H and O–H groups in total. The van der Waals surface area contributed by atoms with E-state index in [-0.39, 0.29) is 22.6 Å². The van der Waals surface area contributed by atoms with Crippen molar-refractivity contribution in [3.63, 3.8) is 0 Å². The van der Waals surface area contributed by atoms with Crippen molar-refractivity contribution in [1.82, 2.24) is 0 Å². The molecule has 1 aliphatic rings. The monoisotopic (exact) mass is 613 g/mol. The Morgan fingerprint density at radius 1 is 0.733 bits per heavy atom. The van der Waals surface area contributed by atoms with Crippen molar-refractivity contribution in [3.05, 3.63) is 139 Å². The third-order valence-corrected chi connectivity index (χ3v) is 6.87. The van der Waals surface area contributed by atoms with E-state index in [2.05, 4.69) is 4.85 Å². The molecule has 228 valence electrons. The van der Waals surface area contributed by atoms with Crippen molar-refractivity contribution < 1.29 is 26.7 Å². The lowest BCUT2D eigenvalue weighted by atomic mass is 10.1. The first-order valence-corrected chi connectivity index (χ1v) is 13.5. The van der Waals surface area contributed by atoms with Crippen LogP contribution in [0.3, 0.4) is 0 Å². The van der Waals surface area contributed by atoms with E-state index in [0.29, 0.717) is 21.9 Å². The third kappa shape index (κ3) is 6.75. The van der Waals surface area contributed by atoms with E-state index in [0.717, 1.165) is 23.5 Å². The largest absolute Gasteiger partial charge is 0.457 e. The number of rotatable bonds is 6. The molecule has 45 heavy (non-hydrogen) atoms. The Kier molecular flexibility index (Phi) is 8.24. The van der Waals surface area contributed by atoms with E-state index < -0.39 is 28.7 Å². The summed E-state index contributed by atoms with van der Waals surface area (Å²) in [6.07, 6.45) is 2.48. The van der Waals surface area contributed by atoms with Gasteiger partial charge in [-0.2, -0.15) is 13.2 Å². The second-order valence-corrected chi connectivity index (χ2v) is 10.5. The predicted molar refractivity (Wildman–Crippen MR) is 169 cm³/mol. The van der Waals surface area contributed by atoms with Gasteiger partial charge in [0.1, 0.15) is 22.7 Å². The minimum absolute atomic E-state index is 0.0817. The highest BCUT2D eigenvalue weighted by Crippen LogP contribution is 2.34. The van der Waals surface area contributed by atoms with Gasteiger partial charge in [0.05, 0.1) is 17.7 Å². The molecular weight excluding hydrogens is 587 g/mol. The smallest absolute Gasteiger partial charge is 0.420 e. The Morgan fingerprint density at radius 2 is 1.18 bits per heavy atom. The molecule has 11 heteroatoms. The van der Waals surface area contributed by atoms with Gasteiger partial charge < -0.3 is 23.4 Å². The van der Waals surface area contributed by atoms with Crippen molar-refractivity contribution >= 4 is 45.5 Å². The summed E-state index contributed by atoms with van der Waals surface area (Å²) < 4.78 is 57.8. The number of halogens is 3. The van der Waals surface area contributed by atoms with Crippen LogP contribution < -0.4 is 21.1 Å². The van der Waals surface area contributed by atoms with Gasteiger partial charge in [0.2, 0.25) is 0 Å². The molecule has 2 aromatic carbocycles. The maximum Gasteiger partial charge on any atom is 0.420 e. The average molecular weight is 614 g/mol. The molecule has 0 bridgehead atoms. The molecule has 0 atom stereocenters.